The Bertz CT molecular complexity index is 1290. The molecule has 0 aromatic heterocycles. The number of aliphatic hydroxyl groups excluding tert-OH is 2. The molecule has 0 amide bonds. The van der Waals surface area contributed by atoms with Crippen molar-refractivity contribution in [3.05, 3.63) is 0 Å². The molecule has 4 saturated heterocycles. The summed E-state index contributed by atoms with van der Waals surface area (Å²) in [5, 5.41) is 50.7. The van der Waals surface area contributed by atoms with Gasteiger partial charge in [0.2, 0.25) is 0 Å². The third kappa shape index (κ3) is 10.4. The SMILES string of the molecule is CCCN1COC2(C1)C(C)OC(OC1C(C)C(=O)OC(CC)C(C)(O)C(O)C(C)NCC(C)CC(C)(O)C(OC3OC(C)CC(N(C)C)C3O)C1C)CC2(C)OC. The van der Waals surface area contributed by atoms with Gasteiger partial charge in [-0.15, -0.1) is 0 Å². The van der Waals surface area contributed by atoms with Crippen LogP contribution in [0.25, 0.3) is 0 Å². The molecular weight excluding hydrogens is 738 g/mol. The van der Waals surface area contributed by atoms with Crippen molar-refractivity contribution in [3.8, 4) is 0 Å². The Kier molecular flexibility index (Phi) is 16.5. The lowest BCUT2D eigenvalue weighted by atomic mass is 9.75. The van der Waals surface area contributed by atoms with E-state index in [0.29, 0.717) is 26.2 Å². The van der Waals surface area contributed by atoms with Crippen LogP contribution in [0.2, 0.25) is 0 Å². The fourth-order valence-electron chi connectivity index (χ4n) is 10.1. The van der Waals surface area contributed by atoms with Crippen LogP contribution in [-0.2, 0) is 38.0 Å². The molecule has 1 spiro atoms. The van der Waals surface area contributed by atoms with E-state index in [1.165, 1.54) is 6.92 Å². The number of carbonyl (C=O) groups excluding carboxylic acids is 1. The molecule has 0 aliphatic carbocycles. The van der Waals surface area contributed by atoms with Gasteiger partial charge in [0.1, 0.15) is 41.8 Å². The lowest BCUT2D eigenvalue weighted by Crippen LogP contribution is -2.68. The third-order valence-corrected chi connectivity index (χ3v) is 13.7. The summed E-state index contributed by atoms with van der Waals surface area (Å²) in [5.41, 5.74) is -4.96. The number of rotatable bonds is 9. The highest BCUT2D eigenvalue weighted by Crippen LogP contribution is 2.47. The molecule has 15 nitrogen and oxygen atoms in total. The number of ether oxygens (including phenoxy) is 7. The zero-order valence-electron chi connectivity index (χ0n) is 37.4. The Labute approximate surface area is 342 Å². The van der Waals surface area contributed by atoms with Crippen LogP contribution in [0.3, 0.4) is 0 Å². The van der Waals surface area contributed by atoms with Crippen LogP contribution in [0.1, 0.15) is 108 Å². The number of cyclic esters (lactones) is 1. The first kappa shape index (κ1) is 48.6. The average molecular weight is 818 g/mol. The van der Waals surface area contributed by atoms with Crippen molar-refractivity contribution in [1.82, 2.24) is 15.1 Å². The highest BCUT2D eigenvalue weighted by molar-refractivity contribution is 5.73. The normalized spacial score (nSPS) is 48.8. The summed E-state index contributed by atoms with van der Waals surface area (Å²) >= 11 is 0. The first-order chi connectivity index (χ1) is 26.5. The Morgan fingerprint density at radius 3 is 2.25 bits per heavy atom. The van der Waals surface area contributed by atoms with E-state index in [1.807, 2.05) is 53.6 Å². The van der Waals surface area contributed by atoms with Gasteiger partial charge in [0.25, 0.3) is 0 Å². The minimum atomic E-state index is -1.79. The van der Waals surface area contributed by atoms with Crippen LogP contribution >= 0.6 is 0 Å². The fraction of sp³-hybridized carbons (Fsp3) is 0.976. The summed E-state index contributed by atoms with van der Waals surface area (Å²) in [7, 11) is 5.46. The average Bonchev–Trinajstić information content (AvgIpc) is 3.58. The predicted molar refractivity (Wildman–Crippen MR) is 214 cm³/mol. The molecular formula is C42H79N3O12. The molecule has 4 aliphatic rings. The Morgan fingerprint density at radius 2 is 1.65 bits per heavy atom. The molecule has 4 heterocycles. The second-order valence-electron chi connectivity index (χ2n) is 18.8. The molecule has 15 heteroatoms. The van der Waals surface area contributed by atoms with Gasteiger partial charge in [0, 0.05) is 44.6 Å². The highest BCUT2D eigenvalue weighted by Gasteiger charge is 2.62. The van der Waals surface area contributed by atoms with Crippen LogP contribution in [0.5, 0.6) is 0 Å². The van der Waals surface area contributed by atoms with Crippen LogP contribution < -0.4 is 5.32 Å². The van der Waals surface area contributed by atoms with Gasteiger partial charge in [-0.2, -0.15) is 0 Å². The van der Waals surface area contributed by atoms with Crippen molar-refractivity contribution in [3.63, 3.8) is 0 Å². The van der Waals surface area contributed by atoms with Crippen molar-refractivity contribution < 1.29 is 58.4 Å². The van der Waals surface area contributed by atoms with Gasteiger partial charge in [0.05, 0.1) is 35.9 Å². The maximum absolute atomic E-state index is 14.4. The van der Waals surface area contributed by atoms with Gasteiger partial charge >= 0.3 is 5.97 Å². The number of hydrogen-bond donors (Lipinski definition) is 5. The zero-order chi connectivity index (χ0) is 42.8. The van der Waals surface area contributed by atoms with Crippen LogP contribution in [0, 0.1) is 17.8 Å². The van der Waals surface area contributed by atoms with Crippen molar-refractivity contribution in [2.75, 3.05) is 47.6 Å². The molecule has 0 bridgehead atoms. The largest absolute Gasteiger partial charge is 0.459 e. The van der Waals surface area contributed by atoms with Gasteiger partial charge < -0.3 is 63.8 Å². The molecule has 57 heavy (non-hydrogen) atoms. The third-order valence-electron chi connectivity index (χ3n) is 13.7. The number of nitrogens with zero attached hydrogens (tertiary/aromatic N) is 2. The van der Waals surface area contributed by atoms with Crippen LogP contribution in [0.4, 0.5) is 0 Å². The number of carbonyl (C=O) groups is 1. The summed E-state index contributed by atoms with van der Waals surface area (Å²) in [5.74, 6) is -2.52. The maximum Gasteiger partial charge on any atom is 0.311 e. The minimum absolute atomic E-state index is 0.148. The summed E-state index contributed by atoms with van der Waals surface area (Å²) in [6, 6.07) is -0.846. The van der Waals surface area contributed by atoms with E-state index in [1.54, 1.807) is 34.8 Å². The molecule has 5 N–H and O–H groups in total. The lowest BCUT2D eigenvalue weighted by molar-refractivity contribution is -0.335. The first-order valence-electron chi connectivity index (χ1n) is 21.4. The lowest BCUT2D eigenvalue weighted by Gasteiger charge is -2.54. The molecule has 4 aliphatic heterocycles. The highest BCUT2D eigenvalue weighted by atomic mass is 16.7. The second kappa shape index (κ2) is 19.3. The molecule has 4 fully saturated rings. The van der Waals surface area contributed by atoms with E-state index in [9.17, 15) is 25.2 Å². The molecule has 4 rings (SSSR count). The topological polar surface area (TPSA) is 181 Å². The number of methoxy groups -OCH3 is 1. The smallest absolute Gasteiger partial charge is 0.311 e. The molecule has 334 valence electrons. The Hall–Kier alpha value is -1.05. The number of esters is 1. The second-order valence-corrected chi connectivity index (χ2v) is 18.8. The Morgan fingerprint density at radius 1 is 0.982 bits per heavy atom. The summed E-state index contributed by atoms with van der Waals surface area (Å²) in [6.45, 7) is 22.6. The van der Waals surface area contributed by atoms with E-state index in [4.69, 9.17) is 33.2 Å². The van der Waals surface area contributed by atoms with Crippen molar-refractivity contribution >= 4 is 5.97 Å². The van der Waals surface area contributed by atoms with Crippen LogP contribution in [0.15, 0.2) is 0 Å². The quantitative estimate of drug-likeness (QED) is 0.214. The van der Waals surface area contributed by atoms with E-state index in [-0.39, 0.29) is 37.3 Å². The standard InChI is InChI=1S/C42H79N3O12/c1-15-17-45-22-42(52-23-45)29(8)54-32(20-40(42,10)51-14)56-34-26(5)36(57-38-33(46)30(44(12)13)18-25(4)53-38)39(9,49)19-24(3)21-43-28(7)35(47)41(11,50)31(16-2)55-37(48)27(34)6/h24-36,38,43,46-47,49-50H,15-23H2,1-14H3. The van der Waals surface area contributed by atoms with Crippen molar-refractivity contribution in [2.24, 2.45) is 17.8 Å². The van der Waals surface area contributed by atoms with Gasteiger partial charge in [0.15, 0.2) is 12.6 Å². The number of likely N-dealkylation sites (N-methyl/N-ethyl adjacent to an activating group) is 1. The monoisotopic (exact) mass is 818 g/mol. The fourth-order valence-corrected chi connectivity index (χ4v) is 10.1. The van der Waals surface area contributed by atoms with Gasteiger partial charge in [-0.3, -0.25) is 9.69 Å². The summed E-state index contributed by atoms with van der Waals surface area (Å²) in [6.07, 6.45) is -5.77. The number of nitrogens with one attached hydrogen (secondary N) is 1. The zero-order valence-corrected chi connectivity index (χ0v) is 37.4. The van der Waals surface area contributed by atoms with Crippen LogP contribution in [-0.4, -0.2) is 174 Å². The van der Waals surface area contributed by atoms with Gasteiger partial charge in [-0.05, 0) is 101 Å². The number of hydrogen-bond acceptors (Lipinski definition) is 15. The van der Waals surface area contributed by atoms with Gasteiger partial charge in [-0.25, -0.2) is 0 Å². The molecule has 0 saturated carbocycles. The predicted octanol–water partition coefficient (Wildman–Crippen LogP) is 2.64. The van der Waals surface area contributed by atoms with E-state index in [2.05, 4.69) is 17.1 Å². The van der Waals surface area contributed by atoms with E-state index in [0.717, 1.165) is 13.0 Å². The maximum atomic E-state index is 14.4. The molecule has 0 aromatic rings. The van der Waals surface area contributed by atoms with Crippen molar-refractivity contribution in [1.29, 1.82) is 0 Å². The molecule has 18 unspecified atom stereocenters. The molecule has 0 aromatic carbocycles. The number of aliphatic hydroxyl groups is 4. The molecule has 18 atom stereocenters. The molecule has 0 radical (unpaired) electrons. The minimum Gasteiger partial charge on any atom is -0.459 e. The van der Waals surface area contributed by atoms with Crippen molar-refractivity contribution in [2.45, 2.75) is 198 Å². The van der Waals surface area contributed by atoms with Gasteiger partial charge in [-0.1, -0.05) is 27.7 Å². The Balaban J connectivity index is 1.79. The summed E-state index contributed by atoms with van der Waals surface area (Å²) in [4.78, 5) is 18.6. The van der Waals surface area contributed by atoms with E-state index < -0.39 is 95.5 Å². The van der Waals surface area contributed by atoms with E-state index >= 15 is 0 Å². The first-order valence-corrected chi connectivity index (χ1v) is 21.4. The summed E-state index contributed by atoms with van der Waals surface area (Å²) < 4.78 is 45.6.